The Balaban J connectivity index is 1.66. The topological polar surface area (TPSA) is 96.0 Å². The highest BCUT2D eigenvalue weighted by atomic mass is 32.2. The van der Waals surface area contributed by atoms with Gasteiger partial charge in [-0.05, 0) is 69.4 Å². The molecule has 2 aromatic carbocycles. The van der Waals surface area contributed by atoms with E-state index in [1.807, 2.05) is 37.3 Å². The second kappa shape index (κ2) is 14.2. The molecule has 38 heavy (non-hydrogen) atoms. The number of hydrogen-bond donors (Lipinski definition) is 1. The number of hydrogen-bond acceptors (Lipinski definition) is 5. The Morgan fingerprint density at radius 1 is 1.03 bits per heavy atom. The molecule has 1 aliphatic rings. The van der Waals surface area contributed by atoms with Crippen LogP contribution in [0.1, 0.15) is 57.9 Å². The maximum Gasteiger partial charge on any atom is 0.242 e. The van der Waals surface area contributed by atoms with Crippen molar-refractivity contribution in [3.8, 4) is 5.75 Å². The lowest BCUT2D eigenvalue weighted by Crippen LogP contribution is -2.50. The zero-order valence-corrected chi connectivity index (χ0v) is 23.6. The van der Waals surface area contributed by atoms with Crippen molar-refractivity contribution in [2.75, 3.05) is 30.3 Å². The second-order valence-corrected chi connectivity index (χ2v) is 11.8. The van der Waals surface area contributed by atoms with Crippen molar-refractivity contribution in [1.82, 2.24) is 10.2 Å². The fraction of sp³-hybridized carbons (Fsp3) is 0.517. The minimum atomic E-state index is -3.55. The molecule has 0 bridgehead atoms. The van der Waals surface area contributed by atoms with Crippen LogP contribution in [-0.2, 0) is 26.0 Å². The molecule has 2 aromatic rings. The number of amides is 2. The van der Waals surface area contributed by atoms with E-state index in [0.29, 0.717) is 37.4 Å². The van der Waals surface area contributed by atoms with Crippen molar-refractivity contribution < 1.29 is 22.7 Å². The van der Waals surface area contributed by atoms with Gasteiger partial charge in [0.25, 0.3) is 0 Å². The number of anilines is 1. The van der Waals surface area contributed by atoms with Gasteiger partial charge in [-0.15, -0.1) is 0 Å². The maximum atomic E-state index is 13.4. The van der Waals surface area contributed by atoms with Crippen LogP contribution in [0.2, 0.25) is 0 Å². The molecular formula is C29H41N3O5S. The zero-order valence-electron chi connectivity index (χ0n) is 22.8. The lowest BCUT2D eigenvalue weighted by atomic mass is 10.1. The van der Waals surface area contributed by atoms with Crippen molar-refractivity contribution in [2.45, 2.75) is 70.9 Å². The van der Waals surface area contributed by atoms with E-state index in [-0.39, 0.29) is 30.8 Å². The third kappa shape index (κ3) is 8.75. The van der Waals surface area contributed by atoms with Gasteiger partial charge in [-0.25, -0.2) is 8.42 Å². The van der Waals surface area contributed by atoms with E-state index in [1.54, 1.807) is 36.1 Å². The van der Waals surface area contributed by atoms with Crippen molar-refractivity contribution in [3.63, 3.8) is 0 Å². The van der Waals surface area contributed by atoms with E-state index in [9.17, 15) is 18.0 Å². The molecule has 1 aliphatic carbocycles. The van der Waals surface area contributed by atoms with Crippen LogP contribution in [0.5, 0.6) is 5.75 Å². The fourth-order valence-corrected chi connectivity index (χ4v) is 5.81. The van der Waals surface area contributed by atoms with Crippen molar-refractivity contribution in [3.05, 3.63) is 60.2 Å². The highest BCUT2D eigenvalue weighted by Crippen LogP contribution is 2.23. The molecule has 0 aromatic heterocycles. The van der Waals surface area contributed by atoms with Crippen LogP contribution in [0.15, 0.2) is 54.6 Å². The molecule has 1 fully saturated rings. The van der Waals surface area contributed by atoms with Gasteiger partial charge in [0, 0.05) is 25.6 Å². The molecule has 1 saturated carbocycles. The third-order valence-electron chi connectivity index (χ3n) is 6.94. The largest absolute Gasteiger partial charge is 0.494 e. The van der Waals surface area contributed by atoms with E-state index < -0.39 is 16.1 Å². The fourth-order valence-electron chi connectivity index (χ4n) is 4.84. The normalized spacial score (nSPS) is 14.6. The van der Waals surface area contributed by atoms with Gasteiger partial charge in [0.2, 0.25) is 21.8 Å². The molecule has 0 aliphatic heterocycles. The van der Waals surface area contributed by atoms with Crippen LogP contribution in [0, 0.1) is 0 Å². The number of carbonyl (C=O) groups excluding carboxylic acids is 2. The first-order valence-electron chi connectivity index (χ1n) is 13.5. The molecule has 208 valence electrons. The first-order valence-corrected chi connectivity index (χ1v) is 15.4. The molecule has 2 amide bonds. The molecule has 3 rings (SSSR count). The third-order valence-corrected chi connectivity index (χ3v) is 8.14. The second-order valence-electron chi connectivity index (χ2n) is 9.85. The summed E-state index contributed by atoms with van der Waals surface area (Å²) in [5, 5.41) is 3.11. The van der Waals surface area contributed by atoms with Gasteiger partial charge in [-0.1, -0.05) is 43.2 Å². The lowest BCUT2D eigenvalue weighted by molar-refractivity contribution is -0.140. The average molecular weight is 544 g/mol. The number of benzene rings is 2. The van der Waals surface area contributed by atoms with Crippen LogP contribution >= 0.6 is 0 Å². The van der Waals surface area contributed by atoms with Gasteiger partial charge in [0.1, 0.15) is 11.8 Å². The first kappa shape index (κ1) is 29.5. The number of rotatable bonds is 14. The van der Waals surface area contributed by atoms with E-state index in [4.69, 9.17) is 4.74 Å². The van der Waals surface area contributed by atoms with E-state index >= 15 is 0 Å². The summed E-state index contributed by atoms with van der Waals surface area (Å²) >= 11 is 0. The van der Waals surface area contributed by atoms with Gasteiger partial charge in [0.15, 0.2) is 0 Å². The van der Waals surface area contributed by atoms with Crippen LogP contribution in [0.4, 0.5) is 5.69 Å². The molecule has 1 atom stereocenters. The highest BCUT2D eigenvalue weighted by Gasteiger charge is 2.28. The molecule has 0 spiro atoms. The van der Waals surface area contributed by atoms with E-state index in [0.717, 1.165) is 37.5 Å². The highest BCUT2D eigenvalue weighted by molar-refractivity contribution is 7.92. The summed E-state index contributed by atoms with van der Waals surface area (Å²) in [7, 11) is -3.55. The summed E-state index contributed by atoms with van der Waals surface area (Å²) in [6.07, 6.45) is 6.44. The van der Waals surface area contributed by atoms with Crippen LogP contribution in [0.25, 0.3) is 0 Å². The van der Waals surface area contributed by atoms with E-state index in [1.165, 1.54) is 4.31 Å². The predicted octanol–water partition coefficient (Wildman–Crippen LogP) is 4.15. The predicted molar refractivity (Wildman–Crippen MR) is 151 cm³/mol. The smallest absolute Gasteiger partial charge is 0.242 e. The van der Waals surface area contributed by atoms with Gasteiger partial charge in [-0.3, -0.25) is 13.9 Å². The Bertz CT molecular complexity index is 1130. The molecular weight excluding hydrogens is 502 g/mol. The lowest BCUT2D eigenvalue weighted by Gasteiger charge is -2.30. The van der Waals surface area contributed by atoms with Gasteiger partial charge < -0.3 is 15.0 Å². The Hall–Kier alpha value is -3.07. The Morgan fingerprint density at radius 2 is 1.68 bits per heavy atom. The summed E-state index contributed by atoms with van der Waals surface area (Å²) in [5.41, 5.74) is 1.61. The number of ether oxygens (including phenoxy) is 1. The Kier molecular flexibility index (Phi) is 11.0. The van der Waals surface area contributed by atoms with Crippen LogP contribution < -0.4 is 14.4 Å². The molecule has 0 heterocycles. The van der Waals surface area contributed by atoms with Crippen LogP contribution in [-0.4, -0.2) is 63.2 Å². The van der Waals surface area contributed by atoms with Crippen molar-refractivity contribution in [2.24, 2.45) is 0 Å². The summed E-state index contributed by atoms with van der Waals surface area (Å²) in [6.45, 7) is 4.76. The van der Waals surface area contributed by atoms with Crippen LogP contribution in [0.3, 0.4) is 0 Å². The minimum Gasteiger partial charge on any atom is -0.494 e. The number of nitrogens with zero attached hydrogens (tertiary/aromatic N) is 2. The standard InChI is InChI=1S/C29H41N3O5S/c1-4-37-27-18-16-26(17-19-27)32(38(3,35)36)21-10-15-28(33)31(22-20-24-11-6-5-7-12-24)23(2)29(34)30-25-13-8-9-14-25/h5-7,11-12,16-19,23,25H,4,8-10,13-15,20-22H2,1-3H3,(H,30,34). The summed E-state index contributed by atoms with van der Waals surface area (Å²) in [4.78, 5) is 28.1. The molecule has 0 saturated heterocycles. The van der Waals surface area contributed by atoms with Gasteiger partial charge in [-0.2, -0.15) is 0 Å². The average Bonchev–Trinajstić information content (AvgIpc) is 3.40. The molecule has 1 N–H and O–H groups in total. The monoisotopic (exact) mass is 543 g/mol. The minimum absolute atomic E-state index is 0.134. The first-order chi connectivity index (χ1) is 18.2. The molecule has 0 radical (unpaired) electrons. The quantitative estimate of drug-likeness (QED) is 0.386. The van der Waals surface area contributed by atoms with Gasteiger partial charge >= 0.3 is 0 Å². The van der Waals surface area contributed by atoms with Gasteiger partial charge in [0.05, 0.1) is 18.6 Å². The number of carbonyl (C=O) groups is 2. The Labute approximate surface area is 227 Å². The summed E-state index contributed by atoms with van der Waals surface area (Å²) < 4.78 is 31.8. The van der Waals surface area contributed by atoms with E-state index in [2.05, 4.69) is 5.32 Å². The number of nitrogens with one attached hydrogen (secondary N) is 1. The van der Waals surface area contributed by atoms with Crippen molar-refractivity contribution >= 4 is 27.5 Å². The molecule has 9 heteroatoms. The maximum absolute atomic E-state index is 13.4. The molecule has 8 nitrogen and oxygen atoms in total. The zero-order chi connectivity index (χ0) is 27.5. The molecule has 1 unspecified atom stereocenters. The summed E-state index contributed by atoms with van der Waals surface area (Å²) in [5.74, 6) is 0.374. The SMILES string of the molecule is CCOc1ccc(N(CCCC(=O)N(CCc2ccccc2)C(C)C(=O)NC2CCCC2)S(C)(=O)=O)cc1. The summed E-state index contributed by atoms with van der Waals surface area (Å²) in [6, 6.07) is 16.3. The number of sulfonamides is 1. The Morgan fingerprint density at radius 3 is 2.29 bits per heavy atom. The van der Waals surface area contributed by atoms with Crippen molar-refractivity contribution in [1.29, 1.82) is 0 Å².